The van der Waals surface area contributed by atoms with E-state index in [-0.39, 0.29) is 103 Å². The summed E-state index contributed by atoms with van der Waals surface area (Å²) in [7, 11) is -9.46. The Balaban J connectivity index is 0.00000392. The van der Waals surface area contributed by atoms with Crippen LogP contribution in [0.4, 0.5) is 0 Å². The molecule has 0 spiro atoms. The van der Waals surface area contributed by atoms with E-state index in [1.54, 1.807) is 0 Å². The van der Waals surface area contributed by atoms with Gasteiger partial charge in [-0.2, -0.15) is 0 Å². The molecule has 2 fully saturated rings. The number of carbonyl (C=O) groups excluding carboxylic acids is 1. The summed E-state index contributed by atoms with van der Waals surface area (Å²) in [6.07, 6.45) is 0.417. The standard InChI is InChI=1S/C15H24O10S2.2Na/c16-8-25-12-4-2-10(7-14(12)27(22,23)24)5-9-1-3-11(15(17)18)13(6-9)26(19,20)21;;/h8-14H,1-7H2,(H,17,18)(H,19,20,21)(H,22,23,24);;/q;2*+1/p-2. The van der Waals surface area contributed by atoms with E-state index in [1.165, 1.54) is 0 Å². The molecule has 14 heteroatoms. The summed E-state index contributed by atoms with van der Waals surface area (Å²) in [5.74, 6) is -3.03. The molecule has 10 nitrogen and oxygen atoms in total. The second kappa shape index (κ2) is 12.1. The number of ether oxygens (including phenoxy) is 1. The molecule has 6 atom stereocenters. The van der Waals surface area contributed by atoms with E-state index in [9.17, 15) is 35.5 Å². The number of rotatable bonds is 7. The predicted molar refractivity (Wildman–Crippen MR) is 88.3 cm³/mol. The van der Waals surface area contributed by atoms with Crippen LogP contribution in [0, 0.1) is 17.8 Å². The van der Waals surface area contributed by atoms with Gasteiger partial charge in [-0.25, -0.2) is 16.8 Å². The summed E-state index contributed by atoms with van der Waals surface area (Å²) in [6, 6.07) is 0. The fourth-order valence-electron chi connectivity index (χ4n) is 4.43. The molecule has 29 heavy (non-hydrogen) atoms. The summed E-state index contributed by atoms with van der Waals surface area (Å²) in [4.78, 5) is 21.7. The molecule has 0 saturated heterocycles. The van der Waals surface area contributed by atoms with Gasteiger partial charge in [0.25, 0.3) is 6.47 Å². The van der Waals surface area contributed by atoms with Crippen molar-refractivity contribution in [2.45, 2.75) is 61.5 Å². The third-order valence-electron chi connectivity index (χ3n) is 5.70. The third kappa shape index (κ3) is 8.32. The minimum absolute atomic E-state index is 0. The van der Waals surface area contributed by atoms with Gasteiger partial charge in [-0.3, -0.25) is 9.59 Å². The molecule has 2 aliphatic carbocycles. The van der Waals surface area contributed by atoms with Crippen LogP contribution < -0.4 is 59.1 Å². The van der Waals surface area contributed by atoms with E-state index in [0.29, 0.717) is 19.3 Å². The Labute approximate surface area is 214 Å². The Morgan fingerprint density at radius 3 is 1.86 bits per heavy atom. The fraction of sp³-hybridized carbons (Fsp3) is 0.867. The zero-order valence-corrected chi connectivity index (χ0v) is 22.1. The van der Waals surface area contributed by atoms with Crippen LogP contribution in [0.2, 0.25) is 0 Å². The molecule has 0 aromatic carbocycles. The molecule has 0 aromatic rings. The summed E-state index contributed by atoms with van der Waals surface area (Å²) < 4.78 is 73.5. The van der Waals surface area contributed by atoms with Gasteiger partial charge in [-0.15, -0.1) is 0 Å². The molecule has 0 amide bonds. The number of hydrogen-bond acceptors (Lipinski definition) is 9. The van der Waals surface area contributed by atoms with Gasteiger partial charge < -0.3 is 18.9 Å². The van der Waals surface area contributed by atoms with Gasteiger partial charge in [0.2, 0.25) is 0 Å². The molecule has 2 rings (SSSR count). The number of aliphatic carboxylic acids is 1. The zero-order valence-electron chi connectivity index (χ0n) is 16.4. The van der Waals surface area contributed by atoms with Crippen molar-refractivity contribution < 1.29 is 104 Å². The molecule has 0 aliphatic heterocycles. The van der Waals surface area contributed by atoms with Crippen molar-refractivity contribution >= 4 is 32.7 Å². The first-order valence-corrected chi connectivity index (χ1v) is 11.6. The molecule has 0 bridgehead atoms. The predicted octanol–water partition coefficient (Wildman–Crippen LogP) is -5.95. The monoisotopic (exact) mass is 472 g/mol. The average molecular weight is 472 g/mol. The van der Waals surface area contributed by atoms with Crippen molar-refractivity contribution in [1.82, 2.24) is 0 Å². The van der Waals surface area contributed by atoms with Crippen LogP contribution in [0.5, 0.6) is 0 Å². The summed E-state index contributed by atoms with van der Waals surface area (Å²) in [5, 5.41) is 6.26. The van der Waals surface area contributed by atoms with Crippen LogP contribution in [0.1, 0.15) is 44.9 Å². The number of carbonyl (C=O) groups is 2. The molecule has 0 aromatic heterocycles. The zero-order chi connectivity index (χ0) is 20.4. The summed E-state index contributed by atoms with van der Waals surface area (Å²) in [6.45, 7) is 0.111. The van der Waals surface area contributed by atoms with Crippen LogP contribution in [-0.2, 0) is 34.6 Å². The van der Waals surface area contributed by atoms with Crippen LogP contribution in [0.25, 0.3) is 0 Å². The van der Waals surface area contributed by atoms with E-state index >= 15 is 0 Å². The topological polar surface area (TPSA) is 178 Å². The van der Waals surface area contributed by atoms with Crippen LogP contribution in [0.15, 0.2) is 0 Å². The molecule has 2 aliphatic rings. The molecule has 1 N–H and O–H groups in total. The van der Waals surface area contributed by atoms with Crippen molar-refractivity contribution in [2.75, 3.05) is 0 Å². The minimum Gasteiger partial charge on any atom is -0.748 e. The Morgan fingerprint density at radius 2 is 1.41 bits per heavy atom. The van der Waals surface area contributed by atoms with Crippen molar-refractivity contribution in [3.05, 3.63) is 0 Å². The maximum Gasteiger partial charge on any atom is 1.00 e. The molecule has 6 unspecified atom stereocenters. The SMILES string of the molecule is O=COC1CCC(CC2CCC(C(=O)O)C(S(=O)(=O)[O-])C2)CC1S(=O)(=O)[O-].[Na+].[Na+]. The van der Waals surface area contributed by atoms with Gasteiger partial charge in [-0.05, 0) is 56.8 Å². The van der Waals surface area contributed by atoms with Gasteiger partial charge in [0, 0.05) is 0 Å². The third-order valence-corrected chi connectivity index (χ3v) is 8.20. The molecule has 156 valence electrons. The second-order valence-electron chi connectivity index (χ2n) is 7.37. The summed E-state index contributed by atoms with van der Waals surface area (Å²) in [5.41, 5.74) is 0. The Hall–Kier alpha value is 0.760. The average Bonchev–Trinajstić information content (AvgIpc) is 2.54. The smallest absolute Gasteiger partial charge is 0.748 e. The van der Waals surface area contributed by atoms with Crippen molar-refractivity contribution in [1.29, 1.82) is 0 Å². The van der Waals surface area contributed by atoms with Crippen LogP contribution in [0.3, 0.4) is 0 Å². The quantitative estimate of drug-likeness (QED) is 0.213. The second-order valence-corrected chi connectivity index (χ2v) is 10.6. The van der Waals surface area contributed by atoms with Crippen molar-refractivity contribution in [2.24, 2.45) is 17.8 Å². The number of carboxylic acid groups (broad SMARTS) is 1. The molecular weight excluding hydrogens is 450 g/mol. The maximum absolute atomic E-state index is 11.5. The largest absolute Gasteiger partial charge is 1.00 e. The Kier molecular flexibility index (Phi) is 12.4. The van der Waals surface area contributed by atoms with E-state index in [1.807, 2.05) is 0 Å². The van der Waals surface area contributed by atoms with Crippen molar-refractivity contribution in [3.63, 3.8) is 0 Å². The van der Waals surface area contributed by atoms with Crippen LogP contribution in [-0.4, -0.2) is 60.1 Å². The first-order chi connectivity index (χ1) is 12.4. The Bertz CT molecular complexity index is 770. The first kappa shape index (κ1) is 29.8. The van der Waals surface area contributed by atoms with Gasteiger partial charge in [-0.1, -0.05) is 0 Å². The van der Waals surface area contributed by atoms with E-state index in [0.717, 1.165) is 0 Å². The number of hydrogen-bond donors (Lipinski definition) is 1. The number of carboxylic acids is 1. The molecule has 0 heterocycles. The summed E-state index contributed by atoms with van der Waals surface area (Å²) >= 11 is 0. The first-order valence-electron chi connectivity index (χ1n) is 8.64. The van der Waals surface area contributed by atoms with Crippen LogP contribution >= 0.6 is 0 Å². The van der Waals surface area contributed by atoms with E-state index in [2.05, 4.69) is 0 Å². The van der Waals surface area contributed by atoms with Gasteiger partial charge in [0.05, 0.1) is 26.5 Å². The van der Waals surface area contributed by atoms with Gasteiger partial charge >= 0.3 is 65.1 Å². The fourth-order valence-corrected chi connectivity index (χ4v) is 6.67. The minimum atomic E-state index is -4.78. The van der Waals surface area contributed by atoms with Gasteiger partial charge in [0.1, 0.15) is 16.2 Å². The Morgan fingerprint density at radius 1 is 0.931 bits per heavy atom. The normalized spacial score (nSPS) is 32.9. The molecule has 0 radical (unpaired) electrons. The van der Waals surface area contributed by atoms with E-state index in [4.69, 9.17) is 9.84 Å². The maximum atomic E-state index is 11.5. The molecule has 2 saturated carbocycles. The molecular formula is C15H22Na2O10S2. The van der Waals surface area contributed by atoms with Gasteiger partial charge in [0.15, 0.2) is 0 Å². The van der Waals surface area contributed by atoms with E-state index < -0.39 is 48.7 Å². The van der Waals surface area contributed by atoms with Crippen molar-refractivity contribution in [3.8, 4) is 0 Å².